The third-order valence-corrected chi connectivity index (χ3v) is 8.89. The first-order chi connectivity index (χ1) is 23.5. The monoisotopic (exact) mass is 666 g/mol. The number of thioether (sulfide) groups is 1. The van der Waals surface area contributed by atoms with Gasteiger partial charge in [0.2, 0.25) is 5.91 Å². The summed E-state index contributed by atoms with van der Waals surface area (Å²) in [7, 11) is 0. The van der Waals surface area contributed by atoms with Crippen LogP contribution in [0.4, 0.5) is 10.8 Å². The Morgan fingerprint density at radius 2 is 1.33 bits per heavy atom. The molecule has 0 aliphatic carbocycles. The fourth-order valence-electron chi connectivity index (χ4n) is 4.75. The lowest BCUT2D eigenvalue weighted by Gasteiger charge is -2.12. The van der Waals surface area contributed by atoms with Crippen molar-refractivity contribution < 1.29 is 14.4 Å². The molecule has 6 rings (SSSR count). The van der Waals surface area contributed by atoms with E-state index in [-0.39, 0.29) is 17.4 Å². The van der Waals surface area contributed by atoms with Crippen LogP contribution in [-0.2, 0) is 9.59 Å². The third kappa shape index (κ3) is 8.73. The predicted octanol–water partition coefficient (Wildman–Crippen LogP) is 8.62. The summed E-state index contributed by atoms with van der Waals surface area (Å²) >= 11 is 2.71. The van der Waals surface area contributed by atoms with Crippen LogP contribution >= 0.6 is 23.1 Å². The summed E-state index contributed by atoms with van der Waals surface area (Å²) in [6, 6.07) is 43.5. The highest BCUT2D eigenvalue weighted by molar-refractivity contribution is 8.00. The van der Waals surface area contributed by atoms with E-state index < -0.39 is 11.8 Å². The van der Waals surface area contributed by atoms with Gasteiger partial charge >= 0.3 is 0 Å². The van der Waals surface area contributed by atoms with Crippen LogP contribution in [0.15, 0.2) is 155 Å². The van der Waals surface area contributed by atoms with Gasteiger partial charge in [0.15, 0.2) is 5.13 Å². The Kier molecular flexibility index (Phi) is 10.5. The smallest absolute Gasteiger partial charge is 0.272 e. The minimum atomic E-state index is -0.482. The molecule has 0 aliphatic rings. The molecule has 7 nitrogen and oxygen atoms in total. The summed E-state index contributed by atoms with van der Waals surface area (Å²) in [5.74, 6) is -0.904. The van der Waals surface area contributed by atoms with Crippen molar-refractivity contribution in [2.45, 2.75) is 4.90 Å². The van der Waals surface area contributed by atoms with E-state index in [2.05, 4.69) is 20.9 Å². The Labute approximate surface area is 286 Å². The van der Waals surface area contributed by atoms with E-state index in [1.807, 2.05) is 102 Å². The van der Waals surface area contributed by atoms with Gasteiger partial charge in [0, 0.05) is 27.1 Å². The van der Waals surface area contributed by atoms with Crippen molar-refractivity contribution in [2.24, 2.45) is 0 Å². The number of carbonyl (C=O) groups is 3. The van der Waals surface area contributed by atoms with Gasteiger partial charge in [-0.3, -0.25) is 14.4 Å². The van der Waals surface area contributed by atoms with Gasteiger partial charge < -0.3 is 16.0 Å². The maximum absolute atomic E-state index is 13.6. The molecule has 0 unspecified atom stereocenters. The largest absolute Gasteiger partial charge is 0.321 e. The zero-order valence-corrected chi connectivity index (χ0v) is 27.3. The molecule has 0 fully saturated rings. The molecular formula is C39H30N4O3S2. The Morgan fingerprint density at radius 1 is 0.688 bits per heavy atom. The number of hydrogen-bond donors (Lipinski definition) is 3. The van der Waals surface area contributed by atoms with Gasteiger partial charge in [-0.05, 0) is 53.1 Å². The summed E-state index contributed by atoms with van der Waals surface area (Å²) in [4.78, 5) is 44.7. The van der Waals surface area contributed by atoms with E-state index in [1.165, 1.54) is 23.1 Å². The van der Waals surface area contributed by atoms with E-state index >= 15 is 0 Å². The van der Waals surface area contributed by atoms with Crippen LogP contribution in [0.3, 0.4) is 0 Å². The SMILES string of the molecule is O=C(CSc1cccc(NC(=O)/C(=C\c2ccc(-c3ccccc3)cc2)NC(=O)c2ccccc2)c1)Nc1nc(-c2ccccc2)cs1. The van der Waals surface area contributed by atoms with Crippen LogP contribution in [0.5, 0.6) is 0 Å². The lowest BCUT2D eigenvalue weighted by Crippen LogP contribution is -2.30. The number of nitrogens with one attached hydrogen (secondary N) is 3. The topological polar surface area (TPSA) is 100 Å². The predicted molar refractivity (Wildman–Crippen MR) is 196 cm³/mol. The number of amides is 3. The Balaban J connectivity index is 1.12. The van der Waals surface area contributed by atoms with Gasteiger partial charge in [-0.1, -0.05) is 109 Å². The molecule has 6 aromatic rings. The standard InChI is InChI=1S/C39H30N4O3S2/c44-36(43-39-42-35(25-48-39)30-13-6-2-7-14-30)26-47-33-18-10-17-32(24-33)40-38(46)34(41-37(45)31-15-8-3-9-16-31)23-27-19-21-29(22-20-27)28-11-4-1-5-12-28/h1-25H,26H2,(H,40,46)(H,41,45)(H,42,43,44)/b34-23+. The number of hydrogen-bond acceptors (Lipinski definition) is 6. The normalized spacial score (nSPS) is 11.0. The first-order valence-electron chi connectivity index (χ1n) is 15.1. The summed E-state index contributed by atoms with van der Waals surface area (Å²) < 4.78 is 0. The van der Waals surface area contributed by atoms with Crippen LogP contribution in [-0.4, -0.2) is 28.5 Å². The number of aromatic nitrogens is 1. The fraction of sp³-hybridized carbons (Fsp3) is 0.0256. The zero-order valence-electron chi connectivity index (χ0n) is 25.6. The number of anilines is 2. The average molecular weight is 667 g/mol. The molecule has 0 aliphatic heterocycles. The summed E-state index contributed by atoms with van der Waals surface area (Å²) in [5, 5.41) is 11.0. The van der Waals surface area contributed by atoms with Crippen LogP contribution in [0.1, 0.15) is 15.9 Å². The maximum Gasteiger partial charge on any atom is 0.272 e. The number of carbonyl (C=O) groups excluding carboxylic acids is 3. The van der Waals surface area contributed by atoms with Crippen molar-refractivity contribution in [3.63, 3.8) is 0 Å². The van der Waals surface area contributed by atoms with Crippen LogP contribution < -0.4 is 16.0 Å². The molecule has 3 N–H and O–H groups in total. The average Bonchev–Trinajstić information content (AvgIpc) is 3.60. The lowest BCUT2D eigenvalue weighted by atomic mass is 10.0. The Bertz CT molecular complexity index is 2050. The van der Waals surface area contributed by atoms with Gasteiger partial charge in [0.05, 0.1) is 11.4 Å². The van der Waals surface area contributed by atoms with Crippen molar-refractivity contribution in [2.75, 3.05) is 16.4 Å². The number of benzene rings is 5. The summed E-state index contributed by atoms with van der Waals surface area (Å²) in [5.41, 5.74) is 5.72. The van der Waals surface area contributed by atoms with Crippen molar-refractivity contribution in [3.05, 3.63) is 162 Å². The minimum Gasteiger partial charge on any atom is -0.321 e. The Hall–Kier alpha value is -5.77. The highest BCUT2D eigenvalue weighted by atomic mass is 32.2. The zero-order chi connectivity index (χ0) is 33.1. The second kappa shape index (κ2) is 15.7. The quantitative estimate of drug-likeness (QED) is 0.0950. The fourth-order valence-corrected chi connectivity index (χ4v) is 6.24. The Morgan fingerprint density at radius 3 is 2.04 bits per heavy atom. The molecule has 0 bridgehead atoms. The van der Waals surface area contributed by atoms with Crippen LogP contribution in [0.2, 0.25) is 0 Å². The van der Waals surface area contributed by atoms with E-state index in [9.17, 15) is 14.4 Å². The minimum absolute atomic E-state index is 0.0899. The van der Waals surface area contributed by atoms with Crippen molar-refractivity contribution in [3.8, 4) is 22.4 Å². The van der Waals surface area contributed by atoms with Crippen molar-refractivity contribution >= 4 is 57.7 Å². The first kappa shape index (κ1) is 32.2. The van der Waals surface area contributed by atoms with E-state index in [0.717, 1.165) is 32.8 Å². The summed E-state index contributed by atoms with van der Waals surface area (Å²) in [6.45, 7) is 0. The molecule has 1 heterocycles. The van der Waals surface area contributed by atoms with Crippen molar-refractivity contribution in [1.29, 1.82) is 0 Å². The molecule has 0 atom stereocenters. The highest BCUT2D eigenvalue weighted by Gasteiger charge is 2.16. The number of thiazole rings is 1. The first-order valence-corrected chi connectivity index (χ1v) is 17.0. The van der Waals surface area contributed by atoms with E-state index in [4.69, 9.17) is 0 Å². The number of rotatable bonds is 11. The summed E-state index contributed by atoms with van der Waals surface area (Å²) in [6.07, 6.45) is 1.65. The molecular weight excluding hydrogens is 637 g/mol. The molecule has 5 aromatic carbocycles. The van der Waals surface area contributed by atoms with E-state index in [0.29, 0.717) is 16.4 Å². The maximum atomic E-state index is 13.6. The van der Waals surface area contributed by atoms with Crippen molar-refractivity contribution in [1.82, 2.24) is 10.3 Å². The molecule has 48 heavy (non-hydrogen) atoms. The second-order valence-corrected chi connectivity index (χ2v) is 12.5. The molecule has 0 radical (unpaired) electrons. The van der Waals surface area contributed by atoms with Gasteiger partial charge in [-0.15, -0.1) is 23.1 Å². The lowest BCUT2D eigenvalue weighted by molar-refractivity contribution is -0.114. The molecule has 3 amide bonds. The van der Waals surface area contributed by atoms with E-state index in [1.54, 1.807) is 48.5 Å². The molecule has 236 valence electrons. The van der Waals surface area contributed by atoms with Crippen LogP contribution in [0.25, 0.3) is 28.5 Å². The third-order valence-electron chi connectivity index (χ3n) is 7.14. The van der Waals surface area contributed by atoms with Gasteiger partial charge in [-0.25, -0.2) is 4.98 Å². The molecule has 9 heteroatoms. The molecule has 1 aromatic heterocycles. The molecule has 0 spiro atoms. The second-order valence-electron chi connectivity index (χ2n) is 10.6. The molecule has 0 saturated heterocycles. The van der Waals surface area contributed by atoms with Gasteiger partial charge in [0.25, 0.3) is 11.8 Å². The van der Waals surface area contributed by atoms with Gasteiger partial charge in [0.1, 0.15) is 5.70 Å². The number of nitrogens with zero attached hydrogens (tertiary/aromatic N) is 1. The highest BCUT2D eigenvalue weighted by Crippen LogP contribution is 2.26. The van der Waals surface area contributed by atoms with Crippen LogP contribution in [0, 0.1) is 0 Å². The van der Waals surface area contributed by atoms with Gasteiger partial charge in [-0.2, -0.15) is 0 Å². The molecule has 0 saturated carbocycles.